The fraction of sp³-hybridized carbons (Fsp3) is 0.417. The third kappa shape index (κ3) is 4.99. The molecule has 3 N–H and O–H groups in total. The molecule has 0 bridgehead atoms. The number of aromatic nitrogens is 3. The van der Waals surface area contributed by atoms with Crippen molar-refractivity contribution in [3.05, 3.63) is 47.2 Å². The maximum atomic E-state index is 12.8. The molecule has 2 unspecified atom stereocenters. The zero-order valence-electron chi connectivity index (χ0n) is 22.9. The van der Waals surface area contributed by atoms with Crippen molar-refractivity contribution in [3.8, 4) is 17.3 Å². The van der Waals surface area contributed by atoms with Gasteiger partial charge in [0, 0.05) is 21.8 Å². The van der Waals surface area contributed by atoms with Crippen LogP contribution in [0.4, 0.5) is 11.7 Å². The minimum atomic E-state index is -2.72. The van der Waals surface area contributed by atoms with Crippen LogP contribution in [0.15, 0.2) is 34.9 Å². The number of hydrogen-bond acceptors (Lipinski definition) is 6. The fourth-order valence-corrected chi connectivity index (χ4v) is 3.31. The highest BCUT2D eigenvalue weighted by Gasteiger charge is 2.21. The summed E-state index contributed by atoms with van der Waals surface area (Å²) >= 11 is 0. The molecule has 0 aliphatic rings. The van der Waals surface area contributed by atoms with Gasteiger partial charge in [-0.25, -0.2) is 4.68 Å². The first kappa shape index (κ1) is 18.0. The molecule has 2 heterocycles. The summed E-state index contributed by atoms with van der Waals surface area (Å²) in [7, 11) is 0. The Morgan fingerprint density at radius 1 is 1.38 bits per heavy atom. The number of nitriles is 1. The molecule has 8 heteroatoms. The number of nitrogens with two attached hydrogens (primary N) is 1. The van der Waals surface area contributed by atoms with E-state index in [0.29, 0.717) is 17.5 Å². The van der Waals surface area contributed by atoms with E-state index in [4.69, 9.17) is 15.7 Å². The Labute approximate surface area is 194 Å². The largest absolute Gasteiger partial charge is 0.383 e. The van der Waals surface area contributed by atoms with Gasteiger partial charge in [0.25, 0.3) is 0 Å². The molecule has 8 nitrogen and oxygen atoms in total. The van der Waals surface area contributed by atoms with Crippen LogP contribution in [0.2, 0.25) is 0 Å². The van der Waals surface area contributed by atoms with Crippen LogP contribution in [0, 0.1) is 16.7 Å². The molecule has 0 fully saturated rings. The molecule has 0 aliphatic carbocycles. The van der Waals surface area contributed by atoms with Gasteiger partial charge < -0.3 is 10.3 Å². The van der Waals surface area contributed by atoms with Gasteiger partial charge in [-0.05, 0) is 38.1 Å². The molecule has 1 aromatic carbocycles. The molecule has 1 amide bonds. The van der Waals surface area contributed by atoms with Crippen molar-refractivity contribution in [1.82, 2.24) is 14.9 Å². The van der Waals surface area contributed by atoms with E-state index in [1.807, 2.05) is 6.07 Å². The van der Waals surface area contributed by atoms with Crippen LogP contribution in [-0.4, -0.2) is 20.8 Å². The molecular formula is C24H30N6O2. The lowest BCUT2D eigenvalue weighted by atomic mass is 9.91. The van der Waals surface area contributed by atoms with Crippen molar-refractivity contribution < 1.29 is 14.8 Å². The van der Waals surface area contributed by atoms with E-state index in [-0.39, 0.29) is 34.3 Å². The first-order valence-corrected chi connectivity index (χ1v) is 10.2. The first-order chi connectivity index (χ1) is 16.5. The molecule has 3 rings (SSSR count). The first-order valence-electron chi connectivity index (χ1n) is 12.2. The Hall–Kier alpha value is -3.60. The van der Waals surface area contributed by atoms with Gasteiger partial charge in [0.1, 0.15) is 23.1 Å². The summed E-state index contributed by atoms with van der Waals surface area (Å²) in [5.74, 6) is -0.735. The summed E-state index contributed by atoms with van der Waals surface area (Å²) in [6, 6.07) is 8.25. The summed E-state index contributed by atoms with van der Waals surface area (Å²) in [6.45, 7) is 6.44. The minimum Gasteiger partial charge on any atom is -0.383 e. The average molecular weight is 439 g/mol. The molecule has 2 aromatic heterocycles. The number of rotatable bonds is 6. The van der Waals surface area contributed by atoms with Gasteiger partial charge in [-0.2, -0.15) is 10.4 Å². The SMILES string of the molecule is [2H]C([2H])([2H])C([2H])(C)n1nc(-c2ccc(C(C)C(=O)Nc3cc(CC(C)(C)C)no3)cc2)c(C#N)c1N. The number of nitrogens with one attached hydrogen (secondary N) is 1. The van der Waals surface area contributed by atoms with Gasteiger partial charge in [-0.1, -0.05) is 50.2 Å². The third-order valence-electron chi connectivity index (χ3n) is 4.94. The highest BCUT2D eigenvalue weighted by Crippen LogP contribution is 2.30. The van der Waals surface area contributed by atoms with Crippen molar-refractivity contribution in [2.45, 2.75) is 59.8 Å². The highest BCUT2D eigenvalue weighted by atomic mass is 16.5. The number of nitrogens with zero attached hydrogens (tertiary/aromatic N) is 4. The molecule has 0 radical (unpaired) electrons. The molecular weight excluding hydrogens is 404 g/mol. The van der Waals surface area contributed by atoms with Gasteiger partial charge in [-0.3, -0.25) is 10.1 Å². The lowest BCUT2D eigenvalue weighted by Gasteiger charge is -2.15. The standard InChI is InChI=1S/C24H30N6O2/c1-14(2)30-22(26)19(13-25)21(28-30)17-9-7-16(8-10-17)15(3)23(31)27-20-11-18(29-32-20)12-24(4,5)6/h7-11,14-15H,12,26H2,1-6H3,(H,27,31)/i1D3,14D. The predicted molar refractivity (Wildman–Crippen MR) is 124 cm³/mol. The van der Waals surface area contributed by atoms with E-state index < -0.39 is 18.8 Å². The minimum absolute atomic E-state index is 0.0207. The molecule has 32 heavy (non-hydrogen) atoms. The predicted octanol–water partition coefficient (Wildman–Crippen LogP) is 4.90. The molecule has 0 spiro atoms. The highest BCUT2D eigenvalue weighted by molar-refractivity contribution is 5.94. The van der Waals surface area contributed by atoms with Crippen LogP contribution in [0.3, 0.4) is 0 Å². The smallest absolute Gasteiger partial charge is 0.234 e. The summed E-state index contributed by atoms with van der Waals surface area (Å²) in [6.07, 6.45) is 0.708. The van der Waals surface area contributed by atoms with E-state index in [9.17, 15) is 10.1 Å². The van der Waals surface area contributed by atoms with Crippen LogP contribution < -0.4 is 11.1 Å². The molecule has 2 atom stereocenters. The fourth-order valence-electron chi connectivity index (χ4n) is 3.31. The number of amides is 1. The van der Waals surface area contributed by atoms with E-state index in [1.54, 1.807) is 37.3 Å². The molecule has 0 aliphatic heterocycles. The summed E-state index contributed by atoms with van der Waals surface area (Å²) < 4.78 is 37.3. The van der Waals surface area contributed by atoms with Crippen LogP contribution in [-0.2, 0) is 11.2 Å². The van der Waals surface area contributed by atoms with Crippen molar-refractivity contribution in [1.29, 1.82) is 5.26 Å². The quantitative estimate of drug-likeness (QED) is 0.564. The van der Waals surface area contributed by atoms with Crippen LogP contribution in [0.5, 0.6) is 0 Å². The third-order valence-corrected chi connectivity index (χ3v) is 4.94. The number of carbonyl (C=O) groups excluding carboxylic acids is 1. The van der Waals surface area contributed by atoms with Crippen LogP contribution in [0.25, 0.3) is 11.3 Å². The maximum Gasteiger partial charge on any atom is 0.234 e. The second-order valence-electron chi connectivity index (χ2n) is 8.97. The van der Waals surface area contributed by atoms with Gasteiger partial charge >= 0.3 is 0 Å². The number of nitrogen functional groups attached to an aromatic ring is 1. The monoisotopic (exact) mass is 438 g/mol. The Morgan fingerprint density at radius 3 is 2.66 bits per heavy atom. The summed E-state index contributed by atoms with van der Waals surface area (Å²) in [4.78, 5) is 12.8. The van der Waals surface area contributed by atoms with Crippen molar-refractivity contribution in [2.75, 3.05) is 11.1 Å². The number of anilines is 2. The number of benzene rings is 1. The second kappa shape index (κ2) is 8.87. The van der Waals surface area contributed by atoms with E-state index in [0.717, 1.165) is 17.3 Å². The molecule has 0 saturated carbocycles. The van der Waals surface area contributed by atoms with Crippen molar-refractivity contribution in [3.63, 3.8) is 0 Å². The Kier molecular flexibility index (Phi) is 4.99. The Balaban J connectivity index is 1.81. The van der Waals surface area contributed by atoms with Crippen LogP contribution >= 0.6 is 0 Å². The number of carbonyl (C=O) groups is 1. The van der Waals surface area contributed by atoms with Crippen LogP contribution in [0.1, 0.15) is 75.7 Å². The van der Waals surface area contributed by atoms with E-state index in [1.165, 1.54) is 0 Å². The topological polar surface area (TPSA) is 123 Å². The van der Waals surface area contributed by atoms with E-state index in [2.05, 4.69) is 36.3 Å². The zero-order chi connectivity index (χ0) is 27.1. The van der Waals surface area contributed by atoms with Gasteiger partial charge in [0.05, 0.1) is 13.0 Å². The van der Waals surface area contributed by atoms with Gasteiger partial charge in [0.2, 0.25) is 11.8 Å². The zero-order valence-corrected chi connectivity index (χ0v) is 18.9. The lowest BCUT2D eigenvalue weighted by molar-refractivity contribution is -0.117. The Morgan fingerprint density at radius 2 is 2.06 bits per heavy atom. The molecule has 168 valence electrons. The average Bonchev–Trinajstić information content (AvgIpc) is 3.34. The van der Waals surface area contributed by atoms with Crippen molar-refractivity contribution in [2.24, 2.45) is 5.41 Å². The summed E-state index contributed by atoms with van der Waals surface area (Å²) in [5.41, 5.74) is 8.13. The second-order valence-corrected chi connectivity index (χ2v) is 8.97. The van der Waals surface area contributed by atoms with Gasteiger partial charge in [0.15, 0.2) is 0 Å². The van der Waals surface area contributed by atoms with Gasteiger partial charge in [-0.15, -0.1) is 0 Å². The molecule has 0 saturated heterocycles. The molecule has 3 aromatic rings. The normalized spacial score (nSPS) is 16.6. The lowest BCUT2D eigenvalue weighted by Crippen LogP contribution is -2.18. The maximum absolute atomic E-state index is 12.8. The number of hydrogen-bond donors (Lipinski definition) is 2. The van der Waals surface area contributed by atoms with Crippen molar-refractivity contribution >= 4 is 17.6 Å². The van der Waals surface area contributed by atoms with E-state index >= 15 is 0 Å². The Bertz CT molecular complexity index is 1290. The summed E-state index contributed by atoms with van der Waals surface area (Å²) in [5, 5.41) is 20.6.